The molecule has 0 aromatic heterocycles. The Bertz CT molecular complexity index is 576. The van der Waals surface area contributed by atoms with Crippen LogP contribution in [0, 0.1) is 0 Å². The summed E-state index contributed by atoms with van der Waals surface area (Å²) < 4.78 is 29.3. The van der Waals surface area contributed by atoms with E-state index >= 15 is 0 Å². The Morgan fingerprint density at radius 3 is 2.64 bits per heavy atom. The monoisotopic (exact) mass is 351 g/mol. The molecule has 0 aliphatic heterocycles. The van der Waals surface area contributed by atoms with Gasteiger partial charge in [-0.2, -0.15) is 0 Å². The van der Waals surface area contributed by atoms with Crippen LogP contribution in [0.3, 0.4) is 0 Å². The Morgan fingerprint density at radius 1 is 1.41 bits per heavy atom. The number of carboxylic acids is 1. The van der Waals surface area contributed by atoms with Crippen LogP contribution in [0.25, 0.3) is 0 Å². The Hall–Kier alpha value is -1.31. The molecule has 8 heteroatoms. The summed E-state index contributed by atoms with van der Waals surface area (Å²) in [4.78, 5) is 11.1. The van der Waals surface area contributed by atoms with E-state index in [0.717, 1.165) is 0 Å². The van der Waals surface area contributed by atoms with E-state index in [0.29, 0.717) is 18.6 Å². The molecule has 126 valence electrons. The van der Waals surface area contributed by atoms with Crippen LogP contribution in [-0.2, 0) is 14.6 Å². The maximum atomic E-state index is 12.2. The van der Waals surface area contributed by atoms with E-state index in [2.05, 4.69) is 5.32 Å². The third-order valence-electron chi connectivity index (χ3n) is 3.04. The summed E-state index contributed by atoms with van der Waals surface area (Å²) in [6, 6.07) is 5.51. The molecule has 0 radical (unpaired) electrons. The Morgan fingerprint density at radius 2 is 2.09 bits per heavy atom. The Balaban J connectivity index is 0.00000441. The molecule has 0 amide bonds. The van der Waals surface area contributed by atoms with Crippen LogP contribution >= 0.6 is 12.4 Å². The van der Waals surface area contributed by atoms with Crippen molar-refractivity contribution >= 4 is 28.2 Å². The highest BCUT2D eigenvalue weighted by atomic mass is 35.5. The molecule has 2 N–H and O–H groups in total. The highest BCUT2D eigenvalue weighted by Crippen LogP contribution is 2.18. The van der Waals surface area contributed by atoms with Gasteiger partial charge in [0.2, 0.25) is 0 Å². The summed E-state index contributed by atoms with van der Waals surface area (Å²) in [5.74, 6) is -0.651. The lowest BCUT2D eigenvalue weighted by molar-refractivity contribution is -0.139. The van der Waals surface area contributed by atoms with E-state index in [1.54, 1.807) is 12.1 Å². The van der Waals surface area contributed by atoms with Gasteiger partial charge in [-0.05, 0) is 24.6 Å². The zero-order chi connectivity index (χ0) is 15.9. The van der Waals surface area contributed by atoms with E-state index in [1.165, 1.54) is 19.2 Å². The average molecular weight is 352 g/mol. The van der Waals surface area contributed by atoms with Crippen molar-refractivity contribution in [3.63, 3.8) is 0 Å². The molecule has 0 saturated heterocycles. The summed E-state index contributed by atoms with van der Waals surface area (Å²) >= 11 is 0. The van der Waals surface area contributed by atoms with Crippen molar-refractivity contribution < 1.29 is 23.1 Å². The number of aliphatic carboxylic acids is 1. The molecule has 1 aromatic carbocycles. The maximum Gasteiger partial charge on any atom is 0.320 e. The minimum atomic E-state index is -3.46. The van der Waals surface area contributed by atoms with Crippen molar-refractivity contribution in [1.82, 2.24) is 5.32 Å². The van der Waals surface area contributed by atoms with Crippen molar-refractivity contribution in [1.29, 1.82) is 0 Å². The smallest absolute Gasteiger partial charge is 0.320 e. The van der Waals surface area contributed by atoms with E-state index in [4.69, 9.17) is 9.84 Å². The summed E-state index contributed by atoms with van der Waals surface area (Å²) in [6.45, 7) is 1.97. The van der Waals surface area contributed by atoms with Gasteiger partial charge in [0, 0.05) is 6.54 Å². The number of carbonyl (C=O) groups is 1. The molecule has 6 nitrogen and oxygen atoms in total. The van der Waals surface area contributed by atoms with Crippen molar-refractivity contribution in [2.45, 2.75) is 30.7 Å². The third-order valence-corrected chi connectivity index (χ3v) is 4.75. The molecule has 1 unspecified atom stereocenters. The molecule has 22 heavy (non-hydrogen) atoms. The number of halogens is 1. The maximum absolute atomic E-state index is 12.2. The van der Waals surface area contributed by atoms with E-state index in [9.17, 15) is 13.2 Å². The predicted octanol–water partition coefficient (Wildman–Crippen LogP) is 1.73. The molecule has 0 heterocycles. The van der Waals surface area contributed by atoms with Crippen LogP contribution in [-0.4, -0.2) is 44.9 Å². The fraction of sp³-hybridized carbons (Fsp3) is 0.500. The molecule has 1 atom stereocenters. The Labute approximate surface area is 137 Å². The van der Waals surface area contributed by atoms with Crippen LogP contribution in [0.4, 0.5) is 0 Å². The van der Waals surface area contributed by atoms with Crippen molar-refractivity contribution in [2.24, 2.45) is 0 Å². The van der Waals surface area contributed by atoms with Gasteiger partial charge in [0.25, 0.3) is 0 Å². The number of carboxylic acid groups (broad SMARTS) is 1. The molecular weight excluding hydrogens is 330 g/mol. The van der Waals surface area contributed by atoms with Gasteiger partial charge in [0.05, 0.1) is 17.8 Å². The summed E-state index contributed by atoms with van der Waals surface area (Å²) in [6.07, 6.45) is 1.18. The summed E-state index contributed by atoms with van der Waals surface area (Å²) in [5.41, 5.74) is 0. The summed E-state index contributed by atoms with van der Waals surface area (Å²) in [7, 11) is -2.00. The van der Waals surface area contributed by atoms with Gasteiger partial charge in [-0.3, -0.25) is 4.79 Å². The van der Waals surface area contributed by atoms with E-state index in [-0.39, 0.29) is 29.6 Å². The number of ether oxygens (including phenoxy) is 1. The van der Waals surface area contributed by atoms with E-state index < -0.39 is 21.8 Å². The normalized spacial score (nSPS) is 12.3. The molecule has 0 aliphatic carbocycles. The molecule has 0 bridgehead atoms. The average Bonchev–Trinajstić information content (AvgIpc) is 2.46. The second kappa shape index (κ2) is 9.66. The number of hydrogen-bond acceptors (Lipinski definition) is 5. The minimum Gasteiger partial charge on any atom is -0.497 e. The molecule has 1 rings (SSSR count). The lowest BCUT2D eigenvalue weighted by atomic mass is 10.2. The van der Waals surface area contributed by atoms with Crippen molar-refractivity contribution in [3.8, 4) is 5.75 Å². The first kappa shape index (κ1) is 20.7. The SMILES string of the molecule is CCCC(NCCS(=O)(=O)c1cccc(OC)c1)C(=O)O.Cl. The molecule has 0 aliphatic rings. The number of rotatable bonds is 9. The van der Waals surface area contributed by atoms with Gasteiger partial charge in [0.15, 0.2) is 9.84 Å². The molecule has 1 aromatic rings. The largest absolute Gasteiger partial charge is 0.497 e. The molecule has 0 spiro atoms. The second-order valence-corrected chi connectivity index (χ2v) is 6.74. The van der Waals surface area contributed by atoms with Crippen LogP contribution < -0.4 is 10.1 Å². The number of benzene rings is 1. The topological polar surface area (TPSA) is 92.7 Å². The predicted molar refractivity (Wildman–Crippen MR) is 86.6 cm³/mol. The quantitative estimate of drug-likeness (QED) is 0.704. The molecular formula is C14H22ClNO5S. The van der Waals surface area contributed by atoms with Crippen molar-refractivity contribution in [2.75, 3.05) is 19.4 Å². The van der Waals surface area contributed by atoms with Crippen LogP contribution in [0.1, 0.15) is 19.8 Å². The molecule has 0 saturated carbocycles. The third kappa shape index (κ3) is 6.21. The van der Waals surface area contributed by atoms with Gasteiger partial charge in [-0.25, -0.2) is 8.42 Å². The zero-order valence-electron chi connectivity index (χ0n) is 12.6. The number of nitrogens with one attached hydrogen (secondary N) is 1. The zero-order valence-corrected chi connectivity index (χ0v) is 14.2. The number of hydrogen-bond donors (Lipinski definition) is 2. The lowest BCUT2D eigenvalue weighted by Crippen LogP contribution is -2.39. The number of methoxy groups -OCH3 is 1. The van der Waals surface area contributed by atoms with Crippen LogP contribution in [0.5, 0.6) is 5.75 Å². The van der Waals surface area contributed by atoms with Crippen molar-refractivity contribution in [3.05, 3.63) is 24.3 Å². The minimum absolute atomic E-state index is 0. The first-order chi connectivity index (χ1) is 9.90. The highest BCUT2D eigenvalue weighted by Gasteiger charge is 2.19. The van der Waals surface area contributed by atoms with Crippen LogP contribution in [0.15, 0.2) is 29.2 Å². The van der Waals surface area contributed by atoms with Gasteiger partial charge in [-0.15, -0.1) is 12.4 Å². The highest BCUT2D eigenvalue weighted by molar-refractivity contribution is 7.91. The van der Waals surface area contributed by atoms with Gasteiger partial charge in [0.1, 0.15) is 11.8 Å². The Kier molecular flexibility index (Phi) is 9.08. The fourth-order valence-electron chi connectivity index (χ4n) is 1.88. The van der Waals surface area contributed by atoms with Gasteiger partial charge >= 0.3 is 5.97 Å². The van der Waals surface area contributed by atoms with Crippen LogP contribution in [0.2, 0.25) is 0 Å². The van der Waals surface area contributed by atoms with Gasteiger partial charge < -0.3 is 15.2 Å². The first-order valence-corrected chi connectivity index (χ1v) is 8.39. The lowest BCUT2D eigenvalue weighted by Gasteiger charge is -2.13. The summed E-state index contributed by atoms with van der Waals surface area (Å²) in [5, 5.41) is 11.8. The van der Waals surface area contributed by atoms with E-state index in [1.807, 2.05) is 6.92 Å². The number of sulfone groups is 1. The second-order valence-electron chi connectivity index (χ2n) is 4.63. The fourth-order valence-corrected chi connectivity index (χ4v) is 3.09. The molecule has 0 fully saturated rings. The standard InChI is InChI=1S/C14H21NO5S.ClH/c1-3-5-13(14(16)17)15-8-9-21(18,19)12-7-4-6-11(10-12)20-2;/h4,6-7,10,13,15H,3,5,8-9H2,1-2H3,(H,16,17);1H. The first-order valence-electron chi connectivity index (χ1n) is 6.73. The van der Waals surface area contributed by atoms with Gasteiger partial charge in [-0.1, -0.05) is 19.4 Å².